The van der Waals surface area contributed by atoms with E-state index in [0.29, 0.717) is 29.7 Å². The first-order valence-electron chi connectivity index (χ1n) is 11.0. The van der Waals surface area contributed by atoms with Gasteiger partial charge >= 0.3 is 6.03 Å². The smallest absolute Gasteiger partial charge is 0.327 e. The average molecular weight is 451 g/mol. The van der Waals surface area contributed by atoms with Crippen LogP contribution in [0.1, 0.15) is 19.3 Å². The van der Waals surface area contributed by atoms with Gasteiger partial charge in [0.15, 0.2) is 11.6 Å². The highest BCUT2D eigenvalue weighted by atomic mass is 35.5. The summed E-state index contributed by atoms with van der Waals surface area (Å²) in [6, 6.07) is 14.8. The lowest BCUT2D eigenvalue weighted by Gasteiger charge is -2.22. The zero-order valence-electron chi connectivity index (χ0n) is 17.7. The lowest BCUT2D eigenvalue weighted by atomic mass is 10.1. The number of hydrogen-bond acceptors (Lipinski definition) is 4. The normalized spacial score (nSPS) is 16.2. The number of rotatable bonds is 3. The Morgan fingerprint density at radius 2 is 1.97 bits per heavy atom. The van der Waals surface area contributed by atoms with Gasteiger partial charge in [0.05, 0.1) is 31.1 Å². The Morgan fingerprint density at radius 3 is 2.81 bits per heavy atom. The van der Waals surface area contributed by atoms with Crippen LogP contribution in [0.5, 0.6) is 5.75 Å². The molecule has 2 aliphatic rings. The molecule has 0 unspecified atom stereocenters. The Kier molecular flexibility index (Phi) is 5.92. The van der Waals surface area contributed by atoms with Crippen LogP contribution in [0.3, 0.4) is 0 Å². The van der Waals surface area contributed by atoms with Gasteiger partial charge < -0.3 is 10.1 Å². The molecule has 0 saturated carbocycles. The first kappa shape index (κ1) is 20.7. The highest BCUT2D eigenvalue weighted by Crippen LogP contribution is 2.33. The molecule has 2 aromatic heterocycles. The van der Waals surface area contributed by atoms with Gasteiger partial charge in [-0.25, -0.2) is 14.8 Å². The van der Waals surface area contributed by atoms with Crippen molar-refractivity contribution in [3.63, 3.8) is 0 Å². The number of urea groups is 1. The number of anilines is 2. The van der Waals surface area contributed by atoms with Gasteiger partial charge in [0, 0.05) is 42.2 Å². The first-order valence-corrected chi connectivity index (χ1v) is 11.3. The van der Waals surface area contributed by atoms with Gasteiger partial charge in [-0.1, -0.05) is 23.7 Å². The fourth-order valence-electron chi connectivity index (χ4n) is 4.21. The van der Waals surface area contributed by atoms with E-state index < -0.39 is 0 Å². The van der Waals surface area contributed by atoms with Gasteiger partial charge in [-0.3, -0.25) is 9.80 Å². The summed E-state index contributed by atoms with van der Waals surface area (Å²) < 4.78 is 5.86. The van der Waals surface area contributed by atoms with Crippen LogP contribution in [0, 0.1) is 0 Å². The average Bonchev–Trinajstić information content (AvgIpc) is 3.26. The molecule has 4 heterocycles. The lowest BCUT2D eigenvalue weighted by molar-refractivity contribution is -0.821. The predicted octanol–water partition coefficient (Wildman–Crippen LogP) is 3.93. The number of ether oxygens (including phenoxy) is 1. The number of carbonyl (C=O) groups excluding carboxylic acids is 1. The highest BCUT2D eigenvalue weighted by Gasteiger charge is 2.25. The van der Waals surface area contributed by atoms with Crippen LogP contribution in [0.25, 0.3) is 11.3 Å². The minimum atomic E-state index is -0.235. The largest absolute Gasteiger partial charge is 0.490 e. The van der Waals surface area contributed by atoms with Crippen molar-refractivity contribution in [3.8, 4) is 17.0 Å². The Balaban J connectivity index is 1.42. The molecule has 1 saturated heterocycles. The maximum absolute atomic E-state index is 13.3. The summed E-state index contributed by atoms with van der Waals surface area (Å²) in [6.45, 7) is 3.21. The predicted molar refractivity (Wildman–Crippen MR) is 125 cm³/mol. The van der Waals surface area contributed by atoms with Crippen LogP contribution in [0.4, 0.5) is 22.1 Å². The zero-order valence-corrected chi connectivity index (χ0v) is 18.4. The summed E-state index contributed by atoms with van der Waals surface area (Å²) in [7, 11) is 0. The molecular formula is C24H25ClN5O2+. The van der Waals surface area contributed by atoms with Gasteiger partial charge in [-0.2, -0.15) is 0 Å². The van der Waals surface area contributed by atoms with Crippen LogP contribution >= 0.6 is 11.6 Å². The molecule has 7 nitrogen and oxygen atoms in total. The molecule has 0 bridgehead atoms. The van der Waals surface area contributed by atoms with Crippen LogP contribution in [0.15, 0.2) is 54.7 Å². The topological polar surface area (TPSA) is 71.8 Å². The molecule has 32 heavy (non-hydrogen) atoms. The molecular weight excluding hydrogens is 426 g/mol. The van der Waals surface area contributed by atoms with Crippen LogP contribution in [0.2, 0.25) is 5.02 Å². The quantitative estimate of drug-likeness (QED) is 0.634. The molecule has 3 aromatic rings. The molecule has 1 aromatic carbocycles. The second-order valence-electron chi connectivity index (χ2n) is 8.05. The van der Waals surface area contributed by atoms with E-state index in [0.717, 1.165) is 42.3 Å². The molecule has 0 radical (unpaired) electrons. The second-order valence-corrected chi connectivity index (χ2v) is 8.49. The van der Waals surface area contributed by atoms with E-state index in [4.69, 9.17) is 21.3 Å². The molecule has 1 fully saturated rings. The van der Waals surface area contributed by atoms with Gasteiger partial charge in [0.2, 0.25) is 5.82 Å². The number of amides is 2. The van der Waals surface area contributed by atoms with Crippen molar-refractivity contribution in [1.82, 2.24) is 9.97 Å². The van der Waals surface area contributed by atoms with Gasteiger partial charge in [0.25, 0.3) is 0 Å². The molecule has 0 atom stereocenters. The summed E-state index contributed by atoms with van der Waals surface area (Å²) in [4.78, 5) is 25.6. The van der Waals surface area contributed by atoms with E-state index >= 15 is 0 Å². The third-order valence-corrected chi connectivity index (χ3v) is 6.06. The third-order valence-electron chi connectivity index (χ3n) is 5.82. The van der Waals surface area contributed by atoms with Crippen molar-refractivity contribution < 1.29 is 14.4 Å². The highest BCUT2D eigenvalue weighted by molar-refractivity contribution is 6.30. The van der Waals surface area contributed by atoms with Crippen molar-refractivity contribution in [3.05, 3.63) is 59.8 Å². The monoisotopic (exact) mass is 450 g/mol. The van der Waals surface area contributed by atoms with E-state index in [1.807, 2.05) is 48.5 Å². The number of carbonyl (C=O) groups is 1. The standard InChI is InChI=1S/C24H24ClN5O2/c25-18-6-3-5-17(15-18)20-7-8-21-23(28-20)30(13-4-14-32-21)24(31)27-19-9-10-26-22(16-19)29-11-1-2-12-29/h3,5-10,15-16H,1-2,4,11-14H2,(H,26,27,31)/p+1. The van der Waals surface area contributed by atoms with Crippen molar-refractivity contribution in [1.29, 1.82) is 0 Å². The van der Waals surface area contributed by atoms with Gasteiger partial charge in [-0.15, -0.1) is 0 Å². The molecule has 2 aliphatic heterocycles. The van der Waals surface area contributed by atoms with Crippen LogP contribution in [-0.2, 0) is 0 Å². The number of nitrogens with zero attached hydrogens (tertiary/aromatic N) is 3. The van der Waals surface area contributed by atoms with Gasteiger partial charge in [0.1, 0.15) is 0 Å². The molecule has 164 valence electrons. The number of quaternary nitrogens is 1. The summed E-state index contributed by atoms with van der Waals surface area (Å²) in [5.74, 6) is 2.08. The van der Waals surface area contributed by atoms with E-state index in [9.17, 15) is 4.79 Å². The summed E-state index contributed by atoms with van der Waals surface area (Å²) in [5.41, 5.74) is 2.35. The third kappa shape index (κ3) is 4.40. The molecule has 2 amide bonds. The van der Waals surface area contributed by atoms with Gasteiger partial charge in [-0.05, 0) is 36.8 Å². The molecule has 0 spiro atoms. The second kappa shape index (κ2) is 9.14. The van der Waals surface area contributed by atoms with E-state index in [2.05, 4.69) is 10.3 Å². The van der Waals surface area contributed by atoms with Crippen LogP contribution in [-0.4, -0.2) is 42.2 Å². The Morgan fingerprint density at radius 1 is 1.09 bits per heavy atom. The fraction of sp³-hybridized carbons (Fsp3) is 0.292. The van der Waals surface area contributed by atoms with E-state index in [1.165, 1.54) is 17.7 Å². The van der Waals surface area contributed by atoms with Crippen molar-refractivity contribution >= 4 is 35.0 Å². The molecule has 8 heteroatoms. The molecule has 0 aliphatic carbocycles. The van der Waals surface area contributed by atoms with E-state index in [1.54, 1.807) is 11.1 Å². The van der Waals surface area contributed by atoms with Crippen LogP contribution < -0.4 is 19.9 Å². The number of aromatic nitrogens is 2. The fourth-order valence-corrected chi connectivity index (χ4v) is 4.40. The molecule has 5 rings (SSSR count). The number of benzene rings is 1. The number of hydrogen-bond donors (Lipinski definition) is 2. The van der Waals surface area contributed by atoms with Crippen molar-refractivity contribution in [2.45, 2.75) is 19.3 Å². The Bertz CT molecular complexity index is 1130. The minimum absolute atomic E-state index is 0.235. The SMILES string of the molecule is O=C(Nc1ccnc([NH+]2CCCC2)c1)N1CCCOc2ccc(-c3cccc(Cl)c3)nc21. The summed E-state index contributed by atoms with van der Waals surface area (Å²) >= 11 is 6.16. The number of halogens is 1. The van der Waals surface area contributed by atoms with Crippen molar-refractivity contribution in [2.75, 3.05) is 36.5 Å². The summed E-state index contributed by atoms with van der Waals surface area (Å²) in [5, 5.41) is 3.67. The summed E-state index contributed by atoms with van der Waals surface area (Å²) in [6.07, 6.45) is 4.89. The number of nitrogens with one attached hydrogen (secondary N) is 2. The zero-order chi connectivity index (χ0) is 21.9. The minimum Gasteiger partial charge on any atom is -0.490 e. The Labute approximate surface area is 192 Å². The number of fused-ring (bicyclic) bond motifs is 1. The lowest BCUT2D eigenvalue weighted by Crippen LogP contribution is -3.05. The maximum atomic E-state index is 13.3. The Hall–Kier alpha value is -3.16. The maximum Gasteiger partial charge on any atom is 0.327 e. The van der Waals surface area contributed by atoms with E-state index in [-0.39, 0.29) is 6.03 Å². The van der Waals surface area contributed by atoms with Crippen molar-refractivity contribution in [2.24, 2.45) is 0 Å². The number of pyridine rings is 2. The molecule has 2 N–H and O–H groups in total. The first-order chi connectivity index (χ1) is 15.7.